The van der Waals surface area contributed by atoms with Gasteiger partial charge in [-0.2, -0.15) is 5.06 Å². The lowest BCUT2D eigenvalue weighted by Crippen LogP contribution is -2.32. The number of rotatable bonds is 16. The Balaban J connectivity index is 0.000000208. The largest absolute Gasteiger partial charge is 0.481 e. The van der Waals surface area contributed by atoms with Crippen molar-refractivity contribution < 1.29 is 63.1 Å². The normalized spacial score (nSPS) is 14.4. The lowest BCUT2D eigenvalue weighted by Gasteiger charge is -2.37. The molecule has 0 unspecified atom stereocenters. The number of fused-ring (bicyclic) bond motifs is 4. The number of imide groups is 3. The number of carboxylic acid groups (broad SMARTS) is 1. The molecule has 5 aliphatic heterocycles. The Kier molecular flexibility index (Phi) is 29.1. The van der Waals surface area contributed by atoms with Gasteiger partial charge >= 0.3 is 17.9 Å². The van der Waals surface area contributed by atoms with Crippen LogP contribution in [0.2, 0.25) is 0 Å². The number of thiocarbonyl (C=S) groups is 1. The summed E-state index contributed by atoms with van der Waals surface area (Å²) in [4.78, 5) is 113. The van der Waals surface area contributed by atoms with Gasteiger partial charge in [-0.25, -0.2) is 9.59 Å². The number of hydroxylamine groups is 6. The van der Waals surface area contributed by atoms with Crippen molar-refractivity contribution in [3.8, 4) is 0 Å². The van der Waals surface area contributed by atoms with Crippen molar-refractivity contribution in [3.63, 3.8) is 0 Å². The Morgan fingerprint density at radius 1 is 0.511 bits per heavy atom. The van der Waals surface area contributed by atoms with E-state index in [-0.39, 0.29) is 77.2 Å². The topological polar surface area (TPSA) is 229 Å². The fourth-order valence-electron chi connectivity index (χ4n) is 9.63. The van der Waals surface area contributed by atoms with Crippen molar-refractivity contribution in [1.82, 2.24) is 15.2 Å². The molecule has 3 radical (unpaired) electrons. The van der Waals surface area contributed by atoms with E-state index in [2.05, 4.69) is 173 Å². The number of anilines is 4. The van der Waals surface area contributed by atoms with Crippen LogP contribution in [-0.2, 0) is 65.9 Å². The highest BCUT2D eigenvalue weighted by Crippen LogP contribution is 2.51. The summed E-state index contributed by atoms with van der Waals surface area (Å²) in [5.41, 5.74) is 13.4. The molecular formula is C65H63BI2N5O13S4. The Hall–Kier alpha value is -6.89. The molecule has 90 heavy (non-hydrogen) atoms. The smallest absolute Gasteiger partial charge is 0.334 e. The molecule has 11 rings (SSSR count). The van der Waals surface area contributed by atoms with Crippen molar-refractivity contribution in [3.05, 3.63) is 195 Å². The van der Waals surface area contributed by atoms with Gasteiger partial charge < -0.3 is 24.6 Å². The molecule has 3 fully saturated rings. The summed E-state index contributed by atoms with van der Waals surface area (Å²) in [6.45, 7) is 1.61. The molecular weight excluding hydrogens is 1450 g/mol. The van der Waals surface area contributed by atoms with Crippen LogP contribution in [-0.4, -0.2) is 119 Å². The zero-order valence-corrected chi connectivity index (χ0v) is 56.7. The van der Waals surface area contributed by atoms with Crippen LogP contribution in [0.5, 0.6) is 0 Å². The molecule has 6 aromatic carbocycles. The Labute approximate surface area is 569 Å². The maximum atomic E-state index is 12.3. The van der Waals surface area contributed by atoms with Crippen LogP contribution < -0.4 is 9.80 Å². The van der Waals surface area contributed by atoms with Crippen molar-refractivity contribution >= 4 is 187 Å². The zero-order chi connectivity index (χ0) is 64.0. The fraction of sp³-hybridized carbons (Fsp3) is 0.262. The third kappa shape index (κ3) is 19.3. The molecule has 5 aliphatic rings. The summed E-state index contributed by atoms with van der Waals surface area (Å²) in [5, 5.41) is 17.6. The van der Waals surface area contributed by atoms with Gasteiger partial charge in [0.15, 0.2) is 0 Å². The number of benzene rings is 6. The summed E-state index contributed by atoms with van der Waals surface area (Å²) in [7, 11) is 0. The number of halogens is 2. The van der Waals surface area contributed by atoms with Gasteiger partial charge in [-0.05, 0) is 59.0 Å². The van der Waals surface area contributed by atoms with Crippen LogP contribution in [0, 0.1) is 0 Å². The van der Waals surface area contributed by atoms with Gasteiger partial charge in [-0.15, -0.1) is 45.4 Å². The first-order valence-electron chi connectivity index (χ1n) is 28.0. The molecule has 467 valence electrons. The van der Waals surface area contributed by atoms with E-state index in [1.165, 1.54) is 33.6 Å². The second kappa shape index (κ2) is 36.2. The molecule has 3 saturated heterocycles. The van der Waals surface area contributed by atoms with Crippen molar-refractivity contribution in [2.45, 2.75) is 76.8 Å². The summed E-state index contributed by atoms with van der Waals surface area (Å²) < 4.78 is 3.43. The monoisotopic (exact) mass is 1510 g/mol. The number of carbonyl (C=O) groups excluding carboxylic acids is 8. The maximum Gasteiger partial charge on any atom is 0.334 e. The summed E-state index contributed by atoms with van der Waals surface area (Å²) >= 11 is 14.7. The Morgan fingerprint density at radius 2 is 0.878 bits per heavy atom. The number of hydrogen-bond acceptors (Lipinski definition) is 18. The third-order valence-corrected chi connectivity index (χ3v) is 18.5. The number of hydrogen-bond donors (Lipinski definition) is 2. The van der Waals surface area contributed by atoms with E-state index < -0.39 is 53.4 Å². The van der Waals surface area contributed by atoms with Crippen molar-refractivity contribution in [2.24, 2.45) is 0 Å². The number of alkyl halides is 2. The quantitative estimate of drug-likeness (QED) is 0.0229. The summed E-state index contributed by atoms with van der Waals surface area (Å²) in [5.74, 6) is -4.02. The first-order chi connectivity index (χ1) is 43.0. The second-order valence-electron chi connectivity index (χ2n) is 19.7. The molecule has 0 saturated carbocycles. The summed E-state index contributed by atoms with van der Waals surface area (Å²) in [6, 6.07) is 55.2. The van der Waals surface area contributed by atoms with E-state index >= 15 is 0 Å². The molecule has 2 N–H and O–H groups in total. The number of carboxylic acids is 1. The number of amides is 6. The SMILES string of the molecule is CSC(=S)C1c2ccccc2N(Cc2ccccc2)c2ccccc21.CSC(SCCC(=O)ON1C(=O)CCC1=O)=C1c2ccccc2N(Cc2ccccc2)c2ccccc21.O=C(CCI)ON1C(=O)CCC1=O.O=C(O)CCI.O=C1CCC(=O)N1O.[B]. The number of aliphatic carboxylic acids is 1. The molecule has 6 aromatic rings. The number of para-hydroxylation sites is 4. The van der Waals surface area contributed by atoms with Gasteiger partial charge in [-0.1, -0.05) is 191 Å². The minimum atomic E-state index is -0.718. The van der Waals surface area contributed by atoms with E-state index in [1.807, 2.05) is 57.5 Å². The molecule has 18 nitrogen and oxygen atoms in total. The Bertz CT molecular complexity index is 3460. The second-order valence-corrected chi connectivity index (χ2v) is 25.6. The minimum Gasteiger partial charge on any atom is -0.481 e. The Morgan fingerprint density at radius 3 is 1.24 bits per heavy atom. The molecule has 6 amide bonds. The average molecular weight is 1520 g/mol. The molecule has 0 bridgehead atoms. The van der Waals surface area contributed by atoms with Crippen LogP contribution in [0.15, 0.2) is 162 Å². The van der Waals surface area contributed by atoms with Gasteiger partial charge in [0, 0.05) is 118 Å². The lowest BCUT2D eigenvalue weighted by molar-refractivity contribution is -0.197. The van der Waals surface area contributed by atoms with E-state index in [4.69, 9.17) is 27.4 Å². The highest BCUT2D eigenvalue weighted by molar-refractivity contribution is 14.1. The van der Waals surface area contributed by atoms with E-state index in [0.717, 1.165) is 49.6 Å². The molecule has 0 aromatic heterocycles. The highest BCUT2D eigenvalue weighted by atomic mass is 127. The molecule has 0 aliphatic carbocycles. The first kappa shape index (κ1) is 72.2. The molecule has 0 spiro atoms. The molecule has 0 atom stereocenters. The van der Waals surface area contributed by atoms with Crippen molar-refractivity contribution in [1.29, 1.82) is 0 Å². The molecule has 25 heteroatoms. The minimum absolute atomic E-state index is 0. The number of nitrogens with zero attached hydrogens (tertiary/aromatic N) is 5. The van der Waals surface area contributed by atoms with Crippen LogP contribution in [0.4, 0.5) is 22.7 Å². The number of thioether (sulfide) groups is 3. The van der Waals surface area contributed by atoms with E-state index in [0.29, 0.717) is 24.7 Å². The standard InChI is InChI=1S/C29H26N2O4S2.C22H19NS2.C7H8INO4.C4H5NO3.C3H5IO2.B/c1-36-29(37-18-17-27(34)35-31-25(32)15-16-26(31)33)28-21-11-5-7-13-23(21)30(19-20-9-3-2-4-10-20)24-14-8-6-12-22(24)28;1-25-22(24)21-17-11-5-7-13-19(17)23(15-16-9-3-2-4-10-16)20-14-8-6-12-18(20)21;8-4-3-7(12)13-9-5(10)1-2-6(9)11;6-3-1-2-4(7)5(3)8;4-2-1-3(5)6;/h2-14H,15-19H2,1H3;2-14,21H,15H2,1H3;1-4H2;8H,1-2H2;1-2H2,(H,5,6);. The van der Waals surface area contributed by atoms with Gasteiger partial charge in [-0.3, -0.25) is 38.8 Å². The van der Waals surface area contributed by atoms with Gasteiger partial charge in [0.2, 0.25) is 0 Å². The molecule has 5 heterocycles. The van der Waals surface area contributed by atoms with Gasteiger partial charge in [0.05, 0.1) is 29.4 Å². The number of carbonyl (C=O) groups is 9. The third-order valence-electron chi connectivity index (χ3n) is 13.8. The predicted molar refractivity (Wildman–Crippen MR) is 373 cm³/mol. The highest BCUT2D eigenvalue weighted by Gasteiger charge is 2.36. The van der Waals surface area contributed by atoms with E-state index in [1.54, 1.807) is 35.3 Å². The van der Waals surface area contributed by atoms with E-state index in [9.17, 15) is 43.2 Å². The summed E-state index contributed by atoms with van der Waals surface area (Å²) in [6.07, 6.45) is 5.42. The van der Waals surface area contributed by atoms with Gasteiger partial charge in [0.1, 0.15) is 0 Å². The lowest BCUT2D eigenvalue weighted by atomic mass is 9.86. The fourth-order valence-corrected chi connectivity index (χ4v) is 13.2. The van der Waals surface area contributed by atoms with Crippen LogP contribution in [0.25, 0.3) is 5.57 Å². The van der Waals surface area contributed by atoms with Crippen LogP contribution >= 0.6 is 92.7 Å². The van der Waals surface area contributed by atoms with Gasteiger partial charge in [0.25, 0.3) is 35.4 Å². The average Bonchev–Trinajstić information content (AvgIpc) is 0.841. The first-order valence-corrected chi connectivity index (χ1v) is 34.9. The van der Waals surface area contributed by atoms with Crippen LogP contribution in [0.1, 0.15) is 97.1 Å². The van der Waals surface area contributed by atoms with Crippen LogP contribution in [0.3, 0.4) is 0 Å². The van der Waals surface area contributed by atoms with Crippen molar-refractivity contribution in [2.75, 3.05) is 36.9 Å². The predicted octanol–water partition coefficient (Wildman–Crippen LogP) is 12.8. The maximum absolute atomic E-state index is 12.3. The zero-order valence-electron chi connectivity index (χ0n) is 49.1.